The smallest absolute Gasteiger partial charge is 0.194 e. The van der Waals surface area contributed by atoms with Crippen LogP contribution in [0.15, 0.2) is 48.0 Å². The molecule has 0 amide bonds. The number of aryl methyl sites for hydroxylation is 1. The topological polar surface area (TPSA) is 58.3 Å². The van der Waals surface area contributed by atoms with Gasteiger partial charge in [0.25, 0.3) is 0 Å². The molecule has 0 saturated carbocycles. The fourth-order valence-electron chi connectivity index (χ4n) is 3.70. The van der Waals surface area contributed by atoms with E-state index in [2.05, 4.69) is 64.2 Å². The zero-order valence-corrected chi connectivity index (χ0v) is 16.6. The molecule has 2 aromatic rings. The highest BCUT2D eigenvalue weighted by Gasteiger charge is 2.28. The summed E-state index contributed by atoms with van der Waals surface area (Å²) < 4.78 is 1.99. The first-order valence-electron chi connectivity index (χ1n) is 9.64. The fourth-order valence-corrected chi connectivity index (χ4v) is 3.70. The van der Waals surface area contributed by atoms with Crippen molar-refractivity contribution in [1.29, 1.82) is 0 Å². The summed E-state index contributed by atoms with van der Waals surface area (Å²) in [7, 11) is 1.98. The monoisotopic (exact) mass is 366 g/mol. The summed E-state index contributed by atoms with van der Waals surface area (Å²) in [4.78, 5) is 7.18. The molecule has 6 heteroatoms. The Balaban J connectivity index is 1.71. The zero-order chi connectivity index (χ0) is 19.2. The molecule has 144 valence electrons. The number of aromatic nitrogens is 3. The van der Waals surface area contributed by atoms with Gasteiger partial charge in [0.05, 0.1) is 0 Å². The predicted octanol–water partition coefficient (Wildman–Crippen LogP) is 2.88. The van der Waals surface area contributed by atoms with Gasteiger partial charge >= 0.3 is 0 Å². The van der Waals surface area contributed by atoms with Crippen LogP contribution in [-0.4, -0.2) is 45.3 Å². The molecule has 1 aromatic carbocycles. The number of aliphatic imine (C=N–C) groups is 1. The van der Waals surface area contributed by atoms with E-state index >= 15 is 0 Å². The molecule has 6 nitrogen and oxygen atoms in total. The Morgan fingerprint density at radius 2 is 2.11 bits per heavy atom. The Kier molecular flexibility index (Phi) is 6.27. The van der Waals surface area contributed by atoms with Crippen LogP contribution in [-0.2, 0) is 13.6 Å². The normalized spacial score (nSPS) is 20.6. The summed E-state index contributed by atoms with van der Waals surface area (Å²) in [6, 6.07) is 10.9. The molecule has 0 aliphatic carbocycles. The van der Waals surface area contributed by atoms with Crippen LogP contribution >= 0.6 is 0 Å². The number of guanidine groups is 1. The minimum atomic E-state index is 0.518. The minimum absolute atomic E-state index is 0.518. The van der Waals surface area contributed by atoms with E-state index in [4.69, 9.17) is 4.99 Å². The maximum Gasteiger partial charge on any atom is 0.194 e. The molecular weight excluding hydrogens is 336 g/mol. The van der Waals surface area contributed by atoms with Crippen LogP contribution in [0.4, 0.5) is 0 Å². The van der Waals surface area contributed by atoms with E-state index in [1.54, 1.807) is 0 Å². The Labute approximate surface area is 162 Å². The lowest BCUT2D eigenvalue weighted by atomic mass is 9.82. The molecule has 2 heterocycles. The highest BCUT2D eigenvalue weighted by Crippen LogP contribution is 2.32. The summed E-state index contributed by atoms with van der Waals surface area (Å²) in [6.45, 7) is 11.3. The molecule has 1 N–H and O–H groups in total. The number of hydrogen-bond acceptors (Lipinski definition) is 3. The molecule has 3 rings (SSSR count). The Hall–Kier alpha value is -2.63. The van der Waals surface area contributed by atoms with Gasteiger partial charge in [-0.25, -0.2) is 4.99 Å². The summed E-state index contributed by atoms with van der Waals surface area (Å²) in [5.74, 6) is 3.86. The van der Waals surface area contributed by atoms with Gasteiger partial charge in [0, 0.05) is 26.7 Å². The first kappa shape index (κ1) is 19.1. The maximum absolute atomic E-state index is 4.82. The Morgan fingerprint density at radius 3 is 2.74 bits per heavy atom. The Morgan fingerprint density at radius 1 is 1.33 bits per heavy atom. The molecule has 1 saturated heterocycles. The average Bonchev–Trinajstić information content (AvgIpc) is 3.01. The van der Waals surface area contributed by atoms with Gasteiger partial charge in [0.1, 0.15) is 12.4 Å². The van der Waals surface area contributed by atoms with Gasteiger partial charge in [-0.2, -0.15) is 0 Å². The van der Waals surface area contributed by atoms with Crippen LogP contribution in [0.2, 0.25) is 0 Å². The number of hydrogen-bond donors (Lipinski definition) is 1. The molecule has 27 heavy (non-hydrogen) atoms. The highest BCUT2D eigenvalue weighted by atomic mass is 15.3. The van der Waals surface area contributed by atoms with Gasteiger partial charge in [-0.15, -0.1) is 16.8 Å². The van der Waals surface area contributed by atoms with Crippen LogP contribution in [0.5, 0.6) is 0 Å². The number of benzene rings is 1. The molecule has 0 radical (unpaired) electrons. The highest BCUT2D eigenvalue weighted by molar-refractivity contribution is 5.80. The molecule has 1 aliphatic heterocycles. The second-order valence-corrected chi connectivity index (χ2v) is 7.26. The lowest BCUT2D eigenvalue weighted by molar-refractivity contribution is 0.234. The van der Waals surface area contributed by atoms with E-state index in [9.17, 15) is 0 Å². The van der Waals surface area contributed by atoms with Crippen molar-refractivity contribution in [3.8, 4) is 0 Å². The molecule has 2 unspecified atom stereocenters. The van der Waals surface area contributed by atoms with Crippen LogP contribution in [0.25, 0.3) is 0 Å². The standard InChI is InChI=1S/C21H30N6/c1-5-12-22-21(23-14-20-25-24-17(3)26(20)4)27-13-11-19(16(2)15-27)18-9-7-6-8-10-18/h5-10,16,19H,1,11-15H2,2-4H3,(H,22,23). The minimum Gasteiger partial charge on any atom is -0.353 e. The second-order valence-electron chi connectivity index (χ2n) is 7.26. The fraction of sp³-hybridized carbons (Fsp3) is 0.476. The number of likely N-dealkylation sites (tertiary alicyclic amines) is 1. The third-order valence-corrected chi connectivity index (χ3v) is 5.39. The lowest BCUT2D eigenvalue weighted by Crippen LogP contribution is -2.48. The van der Waals surface area contributed by atoms with E-state index in [1.807, 2.05) is 24.6 Å². The number of rotatable bonds is 5. The van der Waals surface area contributed by atoms with Crippen LogP contribution in [0, 0.1) is 12.8 Å². The lowest BCUT2D eigenvalue weighted by Gasteiger charge is -2.39. The van der Waals surface area contributed by atoms with E-state index < -0.39 is 0 Å². The SMILES string of the molecule is C=CCNC(=NCc1nnc(C)n1C)N1CCC(c2ccccc2)C(C)C1. The van der Waals surface area contributed by atoms with Gasteiger partial charge < -0.3 is 14.8 Å². The largest absolute Gasteiger partial charge is 0.353 e. The van der Waals surface area contributed by atoms with Crippen LogP contribution in [0.3, 0.4) is 0 Å². The molecule has 0 spiro atoms. The molecule has 2 atom stereocenters. The van der Waals surface area contributed by atoms with Crippen molar-refractivity contribution < 1.29 is 0 Å². The van der Waals surface area contributed by atoms with Crippen molar-refractivity contribution in [2.45, 2.75) is 32.7 Å². The van der Waals surface area contributed by atoms with Crippen molar-refractivity contribution in [3.05, 3.63) is 60.2 Å². The third-order valence-electron chi connectivity index (χ3n) is 5.39. The third kappa shape index (κ3) is 4.56. The first-order chi connectivity index (χ1) is 13.1. The molecule has 1 aromatic heterocycles. The van der Waals surface area contributed by atoms with E-state index in [1.165, 1.54) is 5.56 Å². The van der Waals surface area contributed by atoms with Crippen molar-refractivity contribution in [1.82, 2.24) is 25.0 Å². The molecule has 1 fully saturated rings. The zero-order valence-electron chi connectivity index (χ0n) is 16.6. The summed E-state index contributed by atoms with van der Waals surface area (Å²) in [6.07, 6.45) is 2.99. The summed E-state index contributed by atoms with van der Waals surface area (Å²) in [5.41, 5.74) is 1.44. The van der Waals surface area contributed by atoms with Crippen molar-refractivity contribution in [3.63, 3.8) is 0 Å². The summed E-state index contributed by atoms with van der Waals surface area (Å²) in [5, 5.41) is 11.7. The van der Waals surface area contributed by atoms with Crippen LogP contribution in [0.1, 0.15) is 36.5 Å². The van der Waals surface area contributed by atoms with Crippen molar-refractivity contribution in [2.24, 2.45) is 18.0 Å². The number of nitrogens with one attached hydrogen (secondary N) is 1. The van der Waals surface area contributed by atoms with Gasteiger partial charge in [-0.05, 0) is 30.7 Å². The second kappa shape index (κ2) is 8.84. The van der Waals surface area contributed by atoms with Crippen molar-refractivity contribution >= 4 is 5.96 Å². The molecular formula is C21H30N6. The van der Waals surface area contributed by atoms with E-state index in [-0.39, 0.29) is 0 Å². The maximum atomic E-state index is 4.82. The van der Waals surface area contributed by atoms with Gasteiger partial charge in [-0.1, -0.05) is 43.3 Å². The summed E-state index contributed by atoms with van der Waals surface area (Å²) >= 11 is 0. The van der Waals surface area contributed by atoms with Gasteiger partial charge in [0.15, 0.2) is 11.8 Å². The van der Waals surface area contributed by atoms with Gasteiger partial charge in [-0.3, -0.25) is 0 Å². The van der Waals surface area contributed by atoms with E-state index in [0.717, 1.165) is 37.1 Å². The van der Waals surface area contributed by atoms with Crippen LogP contribution < -0.4 is 5.32 Å². The van der Waals surface area contributed by atoms with Gasteiger partial charge in [0.2, 0.25) is 0 Å². The predicted molar refractivity (Wildman–Crippen MR) is 110 cm³/mol. The average molecular weight is 367 g/mol. The first-order valence-corrected chi connectivity index (χ1v) is 9.64. The number of nitrogens with zero attached hydrogens (tertiary/aromatic N) is 5. The molecule has 1 aliphatic rings. The van der Waals surface area contributed by atoms with Crippen molar-refractivity contribution in [2.75, 3.05) is 19.6 Å². The quantitative estimate of drug-likeness (QED) is 0.502. The number of piperidine rings is 1. The molecule has 0 bridgehead atoms. The van der Waals surface area contributed by atoms with E-state index in [0.29, 0.717) is 24.9 Å². The Bertz CT molecular complexity index is 779.